The van der Waals surface area contributed by atoms with Gasteiger partial charge in [0.1, 0.15) is 17.9 Å². The summed E-state index contributed by atoms with van der Waals surface area (Å²) >= 11 is 0. The van der Waals surface area contributed by atoms with E-state index in [-0.39, 0.29) is 18.8 Å². The molecule has 0 fully saturated rings. The van der Waals surface area contributed by atoms with Crippen LogP contribution in [0.15, 0.2) is 55.2 Å². The van der Waals surface area contributed by atoms with E-state index in [0.29, 0.717) is 23.7 Å². The molecule has 0 aliphatic rings. The van der Waals surface area contributed by atoms with Gasteiger partial charge in [-0.3, -0.25) is 9.78 Å². The Morgan fingerprint density at radius 3 is 2.70 bits per heavy atom. The highest BCUT2D eigenvalue weighted by Gasteiger charge is 2.13. The van der Waals surface area contributed by atoms with E-state index in [2.05, 4.69) is 36.7 Å². The van der Waals surface area contributed by atoms with Crippen LogP contribution in [0.5, 0.6) is 5.75 Å². The van der Waals surface area contributed by atoms with Crippen molar-refractivity contribution in [3.8, 4) is 22.9 Å². The molecule has 0 saturated heterocycles. The van der Waals surface area contributed by atoms with Gasteiger partial charge in [0.15, 0.2) is 0 Å². The zero-order valence-electron chi connectivity index (χ0n) is 18.3. The van der Waals surface area contributed by atoms with Crippen LogP contribution >= 0.6 is 0 Å². The molecule has 0 radical (unpaired) electrons. The Bertz CT molecular complexity index is 1230. The number of hydrogen-bond donors (Lipinski definition) is 3. The van der Waals surface area contributed by atoms with E-state index in [0.717, 1.165) is 22.5 Å². The number of nitrogens with zero attached hydrogens (tertiary/aromatic N) is 6. The Morgan fingerprint density at radius 1 is 1.18 bits per heavy atom. The summed E-state index contributed by atoms with van der Waals surface area (Å²) in [4.78, 5) is 8.76. The Balaban J connectivity index is 1.47. The van der Waals surface area contributed by atoms with Gasteiger partial charge >= 0.3 is 0 Å². The number of rotatable bonds is 9. The largest absolute Gasteiger partial charge is 0.489 e. The van der Waals surface area contributed by atoms with Gasteiger partial charge in [0.05, 0.1) is 30.1 Å². The Hall–Kier alpha value is -4.23. The van der Waals surface area contributed by atoms with Crippen LogP contribution in [-0.2, 0) is 6.42 Å². The number of nitrogens with one attached hydrogen (secondary N) is 2. The lowest BCUT2D eigenvalue weighted by Crippen LogP contribution is -2.16. The van der Waals surface area contributed by atoms with Gasteiger partial charge in [0, 0.05) is 42.5 Å². The number of H-pyrrole nitrogens is 1. The highest BCUT2D eigenvalue weighted by atomic mass is 16.5. The molecule has 33 heavy (non-hydrogen) atoms. The Kier molecular flexibility index (Phi) is 6.61. The van der Waals surface area contributed by atoms with Crippen LogP contribution < -0.4 is 10.1 Å². The summed E-state index contributed by atoms with van der Waals surface area (Å²) in [5.41, 5.74) is 3.78. The average Bonchev–Trinajstić information content (AvgIpc) is 3.51. The van der Waals surface area contributed by atoms with Gasteiger partial charge in [-0.15, -0.1) is 0 Å². The van der Waals surface area contributed by atoms with Crippen molar-refractivity contribution in [2.24, 2.45) is 0 Å². The van der Waals surface area contributed by atoms with Crippen LogP contribution in [0.25, 0.3) is 11.1 Å². The topological polar surface area (TPSA) is 138 Å². The van der Waals surface area contributed by atoms with Gasteiger partial charge in [-0.2, -0.15) is 15.5 Å². The normalized spacial score (nSPS) is 12.7. The molecule has 0 spiro atoms. The molecule has 3 aromatic heterocycles. The first kappa shape index (κ1) is 22.0. The maximum Gasteiger partial charge on any atom is 0.227 e. The second kappa shape index (κ2) is 9.93. The molecule has 2 atom stereocenters. The van der Waals surface area contributed by atoms with Crippen molar-refractivity contribution in [1.29, 1.82) is 5.26 Å². The first-order chi connectivity index (χ1) is 16.1. The minimum Gasteiger partial charge on any atom is -0.489 e. The minimum atomic E-state index is -0.148. The van der Waals surface area contributed by atoms with Gasteiger partial charge in [0.2, 0.25) is 5.95 Å². The molecular weight excluding hydrogens is 420 g/mol. The first-order valence-corrected chi connectivity index (χ1v) is 10.5. The smallest absolute Gasteiger partial charge is 0.227 e. The third kappa shape index (κ3) is 5.34. The van der Waals surface area contributed by atoms with E-state index < -0.39 is 0 Å². The summed E-state index contributed by atoms with van der Waals surface area (Å²) in [6.07, 6.45) is 9.04. The molecule has 1 aromatic carbocycles. The number of aliphatic hydroxyl groups is 1. The highest BCUT2D eigenvalue weighted by molar-refractivity contribution is 5.66. The fourth-order valence-corrected chi connectivity index (χ4v) is 3.26. The zero-order chi connectivity index (χ0) is 23.2. The molecule has 0 bridgehead atoms. The maximum atomic E-state index is 9.48. The van der Waals surface area contributed by atoms with Gasteiger partial charge < -0.3 is 15.2 Å². The van der Waals surface area contributed by atoms with Crippen LogP contribution in [0, 0.1) is 11.3 Å². The molecule has 1 unspecified atom stereocenters. The summed E-state index contributed by atoms with van der Waals surface area (Å²) in [6, 6.07) is 9.37. The van der Waals surface area contributed by atoms with Crippen LogP contribution in [0.3, 0.4) is 0 Å². The van der Waals surface area contributed by atoms with Gasteiger partial charge in [0.25, 0.3) is 0 Å². The van der Waals surface area contributed by atoms with Crippen molar-refractivity contribution in [2.75, 3.05) is 11.9 Å². The van der Waals surface area contributed by atoms with Crippen molar-refractivity contribution in [3.63, 3.8) is 0 Å². The quantitative estimate of drug-likeness (QED) is 0.358. The summed E-state index contributed by atoms with van der Waals surface area (Å²) in [5.74, 6) is 0.933. The van der Waals surface area contributed by atoms with Crippen molar-refractivity contribution < 1.29 is 9.84 Å². The number of aromatic amines is 1. The molecular formula is C23H24N8O2. The second-order valence-corrected chi connectivity index (χ2v) is 7.70. The third-order valence-corrected chi connectivity index (χ3v) is 5.05. The molecule has 0 aliphatic heterocycles. The fourth-order valence-electron chi connectivity index (χ4n) is 3.26. The van der Waals surface area contributed by atoms with Crippen molar-refractivity contribution in [2.45, 2.75) is 32.4 Å². The summed E-state index contributed by atoms with van der Waals surface area (Å²) in [7, 11) is 0. The minimum absolute atomic E-state index is 0.00452. The maximum absolute atomic E-state index is 9.48. The van der Waals surface area contributed by atoms with Crippen molar-refractivity contribution >= 4 is 11.6 Å². The van der Waals surface area contributed by atoms with Crippen LogP contribution in [0.2, 0.25) is 0 Å². The number of nitriles is 1. The Labute approximate surface area is 190 Å². The lowest BCUT2D eigenvalue weighted by atomic mass is 10.1. The number of anilines is 2. The molecule has 10 heteroatoms. The molecule has 0 saturated carbocycles. The average molecular weight is 444 g/mol. The molecule has 168 valence electrons. The van der Waals surface area contributed by atoms with E-state index in [1.54, 1.807) is 41.7 Å². The van der Waals surface area contributed by atoms with Crippen molar-refractivity contribution in [3.05, 3.63) is 66.5 Å². The summed E-state index contributed by atoms with van der Waals surface area (Å²) in [5, 5.41) is 32.9. The van der Waals surface area contributed by atoms with Gasteiger partial charge in [-0.1, -0.05) is 6.07 Å². The van der Waals surface area contributed by atoms with Gasteiger partial charge in [-0.05, 0) is 37.6 Å². The lowest BCUT2D eigenvalue weighted by Gasteiger charge is -2.16. The summed E-state index contributed by atoms with van der Waals surface area (Å²) in [6.45, 7) is 3.82. The standard InChI is InChI=1S/C23H24N8O2/c1-15(14-32)31-13-21(12-28-31)29-23-25-10-19(11-26-23)17-3-4-18(9-24)22(8-17)33-16(2)7-20-5-6-27-30-20/h3-6,8,10-13,15-16,32H,7,14H2,1-2H3,(H,27,30)(H,25,26,29)/t15?,16-/m0/s1. The zero-order valence-corrected chi connectivity index (χ0v) is 18.3. The number of benzene rings is 1. The third-order valence-electron chi connectivity index (χ3n) is 5.05. The molecule has 4 aromatic rings. The van der Waals surface area contributed by atoms with Crippen LogP contribution in [0.1, 0.15) is 31.1 Å². The molecule has 4 rings (SSSR count). The molecule has 0 amide bonds. The molecule has 3 heterocycles. The molecule has 3 N–H and O–H groups in total. The van der Waals surface area contributed by atoms with E-state index in [9.17, 15) is 10.4 Å². The van der Waals surface area contributed by atoms with E-state index in [1.807, 2.05) is 32.0 Å². The first-order valence-electron chi connectivity index (χ1n) is 10.5. The van der Waals surface area contributed by atoms with E-state index >= 15 is 0 Å². The highest BCUT2D eigenvalue weighted by Crippen LogP contribution is 2.28. The predicted molar refractivity (Wildman–Crippen MR) is 122 cm³/mol. The number of aliphatic hydroxyl groups excluding tert-OH is 1. The number of hydrogen-bond acceptors (Lipinski definition) is 8. The molecule has 10 nitrogen and oxygen atoms in total. The lowest BCUT2D eigenvalue weighted by molar-refractivity contribution is 0.220. The SMILES string of the molecule is CC(CO)n1cc(Nc2ncc(-c3ccc(C#N)c(O[C@@H](C)Cc4ccn[nH]4)c3)cn2)cn1. The summed E-state index contributed by atoms with van der Waals surface area (Å²) < 4.78 is 7.72. The number of ether oxygens (including phenoxy) is 1. The molecule has 0 aliphatic carbocycles. The van der Waals surface area contributed by atoms with E-state index in [4.69, 9.17) is 4.74 Å². The van der Waals surface area contributed by atoms with Crippen molar-refractivity contribution in [1.82, 2.24) is 29.9 Å². The van der Waals surface area contributed by atoms with Crippen LogP contribution in [0.4, 0.5) is 11.6 Å². The fraction of sp³-hybridized carbons (Fsp3) is 0.261. The van der Waals surface area contributed by atoms with E-state index in [1.165, 1.54) is 0 Å². The van der Waals surface area contributed by atoms with Gasteiger partial charge in [-0.25, -0.2) is 9.97 Å². The number of aromatic nitrogens is 6. The monoisotopic (exact) mass is 444 g/mol. The van der Waals surface area contributed by atoms with Crippen LogP contribution in [-0.4, -0.2) is 47.8 Å². The predicted octanol–water partition coefficient (Wildman–Crippen LogP) is 3.24. The second-order valence-electron chi connectivity index (χ2n) is 7.70. The Morgan fingerprint density at radius 2 is 2.00 bits per heavy atom.